The lowest BCUT2D eigenvalue weighted by Crippen LogP contribution is -2.67. The zero-order valence-corrected chi connectivity index (χ0v) is 11.0. The van der Waals surface area contributed by atoms with Crippen molar-refractivity contribution < 1.29 is 25.5 Å². The molecule has 0 aromatic carbocycles. The van der Waals surface area contributed by atoms with E-state index in [0.717, 1.165) is 6.42 Å². The lowest BCUT2D eigenvalue weighted by Gasteiger charge is -2.46. The van der Waals surface area contributed by atoms with Crippen LogP contribution in [0.3, 0.4) is 0 Å². The van der Waals surface area contributed by atoms with E-state index in [1.54, 1.807) is 12.2 Å². The highest BCUT2D eigenvalue weighted by Crippen LogP contribution is 2.23. The number of aliphatic hydroxyl groups is 5. The molecule has 0 radical (unpaired) electrons. The summed E-state index contributed by atoms with van der Waals surface area (Å²) in [7, 11) is 0. The van der Waals surface area contributed by atoms with Crippen molar-refractivity contribution in [3.63, 3.8) is 0 Å². The van der Waals surface area contributed by atoms with Crippen molar-refractivity contribution in [1.82, 2.24) is 4.90 Å². The van der Waals surface area contributed by atoms with Crippen molar-refractivity contribution in [2.75, 3.05) is 13.2 Å². The minimum Gasteiger partial charge on any atom is -0.395 e. The molecule has 6 nitrogen and oxygen atoms in total. The third-order valence-electron chi connectivity index (χ3n) is 3.29. The van der Waals surface area contributed by atoms with E-state index in [4.69, 9.17) is 0 Å². The molecular weight excluding hydrogens is 250 g/mol. The maximum absolute atomic E-state index is 9.87. The van der Waals surface area contributed by atoms with Gasteiger partial charge in [0.1, 0.15) is 24.5 Å². The molecule has 0 spiro atoms. The number of likely N-dealkylation sites (tertiary alicyclic amines) is 1. The quantitative estimate of drug-likeness (QED) is 0.394. The van der Waals surface area contributed by atoms with Crippen LogP contribution in [0.15, 0.2) is 24.3 Å². The van der Waals surface area contributed by atoms with Crippen LogP contribution in [-0.4, -0.2) is 74.2 Å². The first kappa shape index (κ1) is 16.3. The molecule has 5 N–H and O–H groups in total. The van der Waals surface area contributed by atoms with Crippen LogP contribution in [0.4, 0.5) is 0 Å². The van der Waals surface area contributed by atoms with E-state index in [2.05, 4.69) is 0 Å². The number of rotatable bonds is 5. The number of piperidine rings is 1. The van der Waals surface area contributed by atoms with Crippen LogP contribution in [0.5, 0.6) is 0 Å². The minimum absolute atomic E-state index is 0.251. The Morgan fingerprint density at radius 3 is 2.16 bits per heavy atom. The summed E-state index contributed by atoms with van der Waals surface area (Å²) in [6, 6.07) is -0.812. The Labute approximate surface area is 112 Å². The lowest BCUT2D eigenvalue weighted by atomic mass is 9.93. The maximum Gasteiger partial charge on any atom is 0.136 e. The molecule has 1 saturated heterocycles. The molecule has 1 aliphatic heterocycles. The second-order valence-corrected chi connectivity index (χ2v) is 4.60. The summed E-state index contributed by atoms with van der Waals surface area (Å²) in [4.78, 5) is 1.36. The number of allylic oxidation sites excluding steroid dienone is 3. The van der Waals surface area contributed by atoms with Gasteiger partial charge < -0.3 is 25.5 Å². The van der Waals surface area contributed by atoms with Gasteiger partial charge in [-0.1, -0.05) is 31.2 Å². The largest absolute Gasteiger partial charge is 0.395 e. The number of hydrogen-bond acceptors (Lipinski definition) is 6. The number of aliphatic hydroxyl groups excluding tert-OH is 5. The molecule has 0 saturated carbocycles. The molecule has 0 aromatic heterocycles. The highest BCUT2D eigenvalue weighted by atomic mass is 16.4. The van der Waals surface area contributed by atoms with Gasteiger partial charge in [0, 0.05) is 6.54 Å². The van der Waals surface area contributed by atoms with Crippen molar-refractivity contribution in [2.45, 2.75) is 43.9 Å². The van der Waals surface area contributed by atoms with Gasteiger partial charge in [0.05, 0.1) is 12.6 Å². The average molecular weight is 273 g/mol. The van der Waals surface area contributed by atoms with Gasteiger partial charge in [0.25, 0.3) is 0 Å². The third kappa shape index (κ3) is 3.85. The Hall–Kier alpha value is -0.760. The van der Waals surface area contributed by atoms with Crippen LogP contribution in [0.1, 0.15) is 13.3 Å². The monoisotopic (exact) mass is 273 g/mol. The lowest BCUT2D eigenvalue weighted by molar-refractivity contribution is -0.219. The summed E-state index contributed by atoms with van der Waals surface area (Å²) in [6.45, 7) is 1.84. The van der Waals surface area contributed by atoms with Crippen molar-refractivity contribution in [3.8, 4) is 0 Å². The molecular formula is C13H23NO5. The first-order chi connectivity index (χ1) is 9.04. The Balaban J connectivity index is 2.71. The van der Waals surface area contributed by atoms with E-state index in [-0.39, 0.29) is 6.54 Å². The minimum atomic E-state index is -1.47. The highest BCUT2D eigenvalue weighted by Gasteiger charge is 2.46. The first-order valence-electron chi connectivity index (χ1n) is 6.45. The van der Waals surface area contributed by atoms with E-state index in [9.17, 15) is 25.5 Å². The van der Waals surface area contributed by atoms with Crippen molar-refractivity contribution in [2.24, 2.45) is 0 Å². The van der Waals surface area contributed by atoms with Crippen LogP contribution in [0, 0.1) is 0 Å². The molecule has 1 unspecified atom stereocenters. The number of hydrogen-bond donors (Lipinski definition) is 5. The average Bonchev–Trinajstić information content (AvgIpc) is 2.41. The van der Waals surface area contributed by atoms with Crippen molar-refractivity contribution in [3.05, 3.63) is 24.3 Å². The van der Waals surface area contributed by atoms with Crippen LogP contribution in [-0.2, 0) is 0 Å². The predicted octanol–water partition coefficient (Wildman–Crippen LogP) is -1.41. The molecule has 1 rings (SSSR count). The standard InChI is InChI=1S/C13H23NO5/c1-2-3-4-5-6-7-14-9(8-15)10(16)11(17)12(18)13(14)19/h3-6,9-13,15-19H,2,7-8H2,1H3/b4-3+,6-5+/t9-,10-,11+,12-,13?/m1/s1. The van der Waals surface area contributed by atoms with E-state index in [0.29, 0.717) is 0 Å². The topological polar surface area (TPSA) is 104 Å². The predicted molar refractivity (Wildman–Crippen MR) is 70.2 cm³/mol. The molecule has 0 aliphatic carbocycles. The molecule has 0 bridgehead atoms. The number of nitrogens with zero attached hydrogens (tertiary/aromatic N) is 1. The molecule has 0 aromatic rings. The Morgan fingerprint density at radius 1 is 0.947 bits per heavy atom. The van der Waals surface area contributed by atoms with E-state index >= 15 is 0 Å². The molecule has 5 atom stereocenters. The Bertz CT molecular complexity index is 320. The fraction of sp³-hybridized carbons (Fsp3) is 0.692. The second kappa shape index (κ2) is 7.74. The summed E-state index contributed by atoms with van der Waals surface area (Å²) >= 11 is 0. The molecule has 0 amide bonds. The van der Waals surface area contributed by atoms with E-state index in [1.165, 1.54) is 4.90 Å². The molecule has 1 fully saturated rings. The summed E-state index contributed by atoms with van der Waals surface area (Å²) in [5, 5.41) is 48.1. The van der Waals surface area contributed by atoms with Crippen LogP contribution < -0.4 is 0 Å². The van der Waals surface area contributed by atoms with Crippen molar-refractivity contribution >= 4 is 0 Å². The van der Waals surface area contributed by atoms with Crippen LogP contribution in [0.2, 0.25) is 0 Å². The molecule has 19 heavy (non-hydrogen) atoms. The molecule has 6 heteroatoms. The maximum atomic E-state index is 9.87. The summed E-state index contributed by atoms with van der Waals surface area (Å²) in [5.74, 6) is 0. The van der Waals surface area contributed by atoms with Gasteiger partial charge in [-0.15, -0.1) is 0 Å². The van der Waals surface area contributed by atoms with Gasteiger partial charge in [-0.2, -0.15) is 0 Å². The highest BCUT2D eigenvalue weighted by molar-refractivity contribution is 5.05. The fourth-order valence-electron chi connectivity index (χ4n) is 2.13. The van der Waals surface area contributed by atoms with Gasteiger partial charge >= 0.3 is 0 Å². The summed E-state index contributed by atoms with van der Waals surface area (Å²) < 4.78 is 0. The smallest absolute Gasteiger partial charge is 0.136 e. The van der Waals surface area contributed by atoms with Gasteiger partial charge in [-0.25, -0.2) is 0 Å². The van der Waals surface area contributed by atoms with Gasteiger partial charge in [-0.05, 0) is 6.42 Å². The summed E-state index contributed by atoms with van der Waals surface area (Å²) in [5.41, 5.74) is 0. The zero-order valence-electron chi connectivity index (χ0n) is 11.0. The van der Waals surface area contributed by atoms with Gasteiger partial charge in [-0.3, -0.25) is 4.90 Å². The van der Waals surface area contributed by atoms with Crippen molar-refractivity contribution in [1.29, 1.82) is 0 Å². The van der Waals surface area contributed by atoms with Crippen LogP contribution in [0.25, 0.3) is 0 Å². The van der Waals surface area contributed by atoms with Crippen LogP contribution >= 0.6 is 0 Å². The Morgan fingerprint density at radius 2 is 1.58 bits per heavy atom. The fourth-order valence-corrected chi connectivity index (χ4v) is 2.13. The second-order valence-electron chi connectivity index (χ2n) is 4.60. The molecule has 110 valence electrons. The van der Waals surface area contributed by atoms with Gasteiger partial charge in [0.15, 0.2) is 0 Å². The first-order valence-corrected chi connectivity index (χ1v) is 6.45. The third-order valence-corrected chi connectivity index (χ3v) is 3.29. The SMILES string of the molecule is CC/C=C/C=C/CN1C(O)[C@H](O)[C@@H](O)[C@H](O)[C@H]1CO. The Kier molecular flexibility index (Phi) is 6.64. The summed E-state index contributed by atoms with van der Waals surface area (Å²) in [6.07, 6.45) is 2.71. The van der Waals surface area contributed by atoms with Gasteiger partial charge in [0.2, 0.25) is 0 Å². The van der Waals surface area contributed by atoms with E-state index in [1.807, 2.05) is 19.1 Å². The molecule has 1 heterocycles. The van der Waals surface area contributed by atoms with E-state index < -0.39 is 37.2 Å². The zero-order chi connectivity index (χ0) is 14.4. The molecule has 1 aliphatic rings. The normalized spacial score (nSPS) is 37.5.